The van der Waals surface area contributed by atoms with Gasteiger partial charge in [-0.25, -0.2) is 0 Å². The Balaban J connectivity index is 3.75. The van der Waals surface area contributed by atoms with E-state index in [2.05, 4.69) is 10.6 Å². The van der Waals surface area contributed by atoms with Crippen molar-refractivity contribution in [1.82, 2.24) is 10.6 Å². The van der Waals surface area contributed by atoms with Crippen LogP contribution in [0.5, 0.6) is 0 Å². The van der Waals surface area contributed by atoms with E-state index in [1.807, 2.05) is 6.92 Å². The Kier molecular flexibility index (Phi) is 7.70. The maximum atomic E-state index is 11.4. The number of carbonyl (C=O) groups excluding carboxylic acids is 2. The summed E-state index contributed by atoms with van der Waals surface area (Å²) in [5.74, 6) is -2.09. The molecule has 17 heavy (non-hydrogen) atoms. The average Bonchev–Trinajstić information content (AvgIpc) is 2.30. The lowest BCUT2D eigenvalue weighted by Crippen LogP contribution is -2.45. The number of unbranched alkanes of at least 4 members (excludes halogenated alkanes) is 1. The fraction of sp³-hybridized carbons (Fsp3) is 0.700. The van der Waals surface area contributed by atoms with E-state index in [4.69, 9.17) is 10.8 Å². The molecule has 98 valence electrons. The summed E-state index contributed by atoms with van der Waals surface area (Å²) in [5.41, 5.74) is 5.57. The number of amides is 2. The van der Waals surface area contributed by atoms with E-state index in [9.17, 15) is 14.4 Å². The molecule has 0 rings (SSSR count). The molecular weight excluding hydrogens is 226 g/mol. The lowest BCUT2D eigenvalue weighted by atomic mass is 10.1. The average molecular weight is 245 g/mol. The molecule has 0 unspecified atom stereocenters. The van der Waals surface area contributed by atoms with Gasteiger partial charge >= 0.3 is 5.97 Å². The standard InChI is InChI=1S/C10H19N3O4/c1-2-3-4-7(11)10(17)13-5-8(14)12-6-9(15)16/h7H,2-6,11H2,1H3,(H,12,14)(H,13,17)(H,15,16)/t7-/m0/s1. The number of carboxylic acid groups (broad SMARTS) is 1. The maximum Gasteiger partial charge on any atom is 0.322 e. The SMILES string of the molecule is CCCC[C@H](N)C(=O)NCC(=O)NCC(=O)O. The Morgan fingerprint density at radius 3 is 2.41 bits per heavy atom. The minimum atomic E-state index is -1.13. The highest BCUT2D eigenvalue weighted by atomic mass is 16.4. The molecule has 0 aromatic heterocycles. The van der Waals surface area contributed by atoms with E-state index in [1.165, 1.54) is 0 Å². The van der Waals surface area contributed by atoms with Crippen molar-refractivity contribution in [2.24, 2.45) is 5.73 Å². The van der Waals surface area contributed by atoms with E-state index in [0.717, 1.165) is 12.8 Å². The third kappa shape index (κ3) is 8.21. The second-order valence-corrected chi connectivity index (χ2v) is 3.64. The molecule has 0 saturated carbocycles. The molecule has 2 amide bonds. The largest absolute Gasteiger partial charge is 0.480 e. The molecule has 1 atom stereocenters. The van der Waals surface area contributed by atoms with E-state index >= 15 is 0 Å². The molecule has 0 spiro atoms. The van der Waals surface area contributed by atoms with Gasteiger partial charge in [0.1, 0.15) is 6.54 Å². The number of carboxylic acids is 1. The van der Waals surface area contributed by atoms with Crippen molar-refractivity contribution in [3.05, 3.63) is 0 Å². The van der Waals surface area contributed by atoms with Crippen LogP contribution in [-0.4, -0.2) is 42.0 Å². The summed E-state index contributed by atoms with van der Waals surface area (Å²) >= 11 is 0. The molecule has 0 bridgehead atoms. The quantitative estimate of drug-likeness (QED) is 0.429. The smallest absolute Gasteiger partial charge is 0.322 e. The van der Waals surface area contributed by atoms with Gasteiger partial charge in [0.05, 0.1) is 12.6 Å². The van der Waals surface area contributed by atoms with Gasteiger partial charge in [0.25, 0.3) is 0 Å². The minimum absolute atomic E-state index is 0.258. The first-order valence-electron chi connectivity index (χ1n) is 5.49. The number of hydrogen-bond donors (Lipinski definition) is 4. The van der Waals surface area contributed by atoms with Crippen LogP contribution in [-0.2, 0) is 14.4 Å². The number of carbonyl (C=O) groups is 3. The van der Waals surface area contributed by atoms with Crippen molar-refractivity contribution >= 4 is 17.8 Å². The predicted molar refractivity (Wildman–Crippen MR) is 61.2 cm³/mol. The van der Waals surface area contributed by atoms with Crippen LogP contribution in [0.1, 0.15) is 26.2 Å². The molecular formula is C10H19N3O4. The molecule has 5 N–H and O–H groups in total. The van der Waals surface area contributed by atoms with Crippen LogP contribution >= 0.6 is 0 Å². The van der Waals surface area contributed by atoms with Crippen molar-refractivity contribution < 1.29 is 19.5 Å². The van der Waals surface area contributed by atoms with Gasteiger partial charge in [0.2, 0.25) is 11.8 Å². The zero-order valence-electron chi connectivity index (χ0n) is 9.86. The van der Waals surface area contributed by atoms with Gasteiger partial charge in [-0.3, -0.25) is 14.4 Å². The van der Waals surface area contributed by atoms with Crippen LogP contribution in [0.4, 0.5) is 0 Å². The third-order valence-electron chi connectivity index (χ3n) is 2.07. The van der Waals surface area contributed by atoms with Crippen molar-refractivity contribution in [3.8, 4) is 0 Å². The van der Waals surface area contributed by atoms with E-state index in [-0.39, 0.29) is 6.54 Å². The number of aliphatic carboxylic acids is 1. The van der Waals surface area contributed by atoms with E-state index in [0.29, 0.717) is 6.42 Å². The fourth-order valence-electron chi connectivity index (χ4n) is 1.09. The molecule has 0 saturated heterocycles. The molecule has 7 heteroatoms. The van der Waals surface area contributed by atoms with Crippen molar-refractivity contribution in [1.29, 1.82) is 0 Å². The second-order valence-electron chi connectivity index (χ2n) is 3.64. The number of nitrogens with one attached hydrogen (secondary N) is 2. The predicted octanol–water partition coefficient (Wildman–Crippen LogP) is -1.18. The van der Waals surface area contributed by atoms with Crippen molar-refractivity contribution in [2.45, 2.75) is 32.2 Å². The van der Waals surface area contributed by atoms with E-state index < -0.39 is 30.4 Å². The normalized spacial score (nSPS) is 11.6. The van der Waals surface area contributed by atoms with Crippen molar-refractivity contribution in [3.63, 3.8) is 0 Å². The second kappa shape index (κ2) is 8.51. The summed E-state index contributed by atoms with van der Waals surface area (Å²) in [7, 11) is 0. The summed E-state index contributed by atoms with van der Waals surface area (Å²) in [6.45, 7) is 1.27. The summed E-state index contributed by atoms with van der Waals surface area (Å²) < 4.78 is 0. The molecule has 0 aliphatic rings. The highest BCUT2D eigenvalue weighted by molar-refractivity contribution is 5.88. The van der Waals surface area contributed by atoms with Gasteiger partial charge in [-0.05, 0) is 6.42 Å². The number of hydrogen-bond acceptors (Lipinski definition) is 4. The first-order chi connectivity index (χ1) is 7.97. The Hall–Kier alpha value is -1.63. The van der Waals surface area contributed by atoms with Gasteiger partial charge in [0.15, 0.2) is 0 Å². The third-order valence-corrected chi connectivity index (χ3v) is 2.07. The Morgan fingerprint density at radius 2 is 1.88 bits per heavy atom. The van der Waals surface area contributed by atoms with Crippen LogP contribution in [0.2, 0.25) is 0 Å². The molecule has 0 aliphatic carbocycles. The van der Waals surface area contributed by atoms with Crippen molar-refractivity contribution in [2.75, 3.05) is 13.1 Å². The summed E-state index contributed by atoms with van der Waals surface area (Å²) in [6, 6.07) is -0.623. The van der Waals surface area contributed by atoms with Gasteiger partial charge in [-0.1, -0.05) is 19.8 Å². The van der Waals surface area contributed by atoms with Gasteiger partial charge in [0, 0.05) is 0 Å². The van der Waals surface area contributed by atoms with Crippen LogP contribution in [0.25, 0.3) is 0 Å². The van der Waals surface area contributed by atoms with Crippen LogP contribution in [0, 0.1) is 0 Å². The zero-order chi connectivity index (χ0) is 13.3. The topological polar surface area (TPSA) is 122 Å². The molecule has 0 radical (unpaired) electrons. The van der Waals surface area contributed by atoms with Crippen LogP contribution < -0.4 is 16.4 Å². The molecule has 7 nitrogen and oxygen atoms in total. The minimum Gasteiger partial charge on any atom is -0.480 e. The maximum absolute atomic E-state index is 11.4. The highest BCUT2D eigenvalue weighted by Gasteiger charge is 2.13. The van der Waals surface area contributed by atoms with E-state index in [1.54, 1.807) is 0 Å². The Labute approximate surface area is 99.7 Å². The van der Waals surface area contributed by atoms with Gasteiger partial charge < -0.3 is 21.5 Å². The number of rotatable bonds is 8. The van der Waals surface area contributed by atoms with Gasteiger partial charge in [-0.15, -0.1) is 0 Å². The highest BCUT2D eigenvalue weighted by Crippen LogP contribution is 1.97. The van der Waals surface area contributed by atoms with Crippen LogP contribution in [0.3, 0.4) is 0 Å². The molecule has 0 aliphatic heterocycles. The summed E-state index contributed by atoms with van der Waals surface area (Å²) in [6.07, 6.45) is 2.36. The monoisotopic (exact) mass is 245 g/mol. The molecule has 0 aromatic rings. The number of nitrogens with two attached hydrogens (primary N) is 1. The Morgan fingerprint density at radius 1 is 1.24 bits per heavy atom. The first kappa shape index (κ1) is 15.4. The molecule has 0 fully saturated rings. The zero-order valence-corrected chi connectivity index (χ0v) is 9.86. The molecule has 0 aromatic carbocycles. The summed E-state index contributed by atoms with van der Waals surface area (Å²) in [5, 5.41) is 12.8. The fourth-order valence-corrected chi connectivity index (χ4v) is 1.09. The lowest BCUT2D eigenvalue weighted by molar-refractivity contribution is -0.137. The van der Waals surface area contributed by atoms with Gasteiger partial charge in [-0.2, -0.15) is 0 Å². The molecule has 0 heterocycles. The summed E-state index contributed by atoms with van der Waals surface area (Å²) in [4.78, 5) is 32.6. The first-order valence-corrected chi connectivity index (χ1v) is 5.49. The Bertz CT molecular complexity index is 281. The van der Waals surface area contributed by atoms with Crippen LogP contribution in [0.15, 0.2) is 0 Å². The lowest BCUT2D eigenvalue weighted by Gasteiger charge is -2.11.